The summed E-state index contributed by atoms with van der Waals surface area (Å²) in [4.78, 5) is 2.41. The van der Waals surface area contributed by atoms with Gasteiger partial charge in [-0.15, -0.1) is 0 Å². The lowest BCUT2D eigenvalue weighted by atomic mass is 9.95. The van der Waals surface area contributed by atoms with Gasteiger partial charge in [0, 0.05) is 29.7 Å². The van der Waals surface area contributed by atoms with Crippen LogP contribution in [0, 0.1) is 24.2 Å². The first-order valence-electron chi connectivity index (χ1n) is 6.08. The molecule has 1 atom stereocenters. The zero-order valence-electron chi connectivity index (χ0n) is 10.1. The summed E-state index contributed by atoms with van der Waals surface area (Å²) in [7, 11) is 0. The normalized spacial score (nSPS) is 20.1. The molecule has 0 radical (unpaired) electrons. The average Bonchev–Trinajstić information content (AvgIpc) is 2.33. The first kappa shape index (κ1) is 12.4. The first-order valence-corrected chi connectivity index (χ1v) is 6.88. The van der Waals surface area contributed by atoms with Gasteiger partial charge in [0.05, 0.1) is 6.07 Å². The third-order valence-electron chi connectivity index (χ3n) is 3.41. The van der Waals surface area contributed by atoms with Gasteiger partial charge in [0.1, 0.15) is 0 Å². The van der Waals surface area contributed by atoms with Gasteiger partial charge in [-0.25, -0.2) is 0 Å². The van der Waals surface area contributed by atoms with Gasteiger partial charge in [0.15, 0.2) is 0 Å². The Hall–Kier alpha value is -1.01. The molecule has 0 aromatic heterocycles. The Morgan fingerprint density at radius 2 is 2.35 bits per heavy atom. The molecule has 90 valence electrons. The van der Waals surface area contributed by atoms with Crippen molar-refractivity contribution in [2.45, 2.75) is 26.2 Å². The third kappa shape index (κ3) is 3.01. The van der Waals surface area contributed by atoms with E-state index in [1.807, 2.05) is 0 Å². The summed E-state index contributed by atoms with van der Waals surface area (Å²) < 4.78 is 1.16. The van der Waals surface area contributed by atoms with Gasteiger partial charge in [-0.05, 0) is 49.4 Å². The molecule has 3 heteroatoms. The van der Waals surface area contributed by atoms with Gasteiger partial charge < -0.3 is 4.90 Å². The zero-order valence-corrected chi connectivity index (χ0v) is 11.7. The van der Waals surface area contributed by atoms with Crippen LogP contribution in [0.2, 0.25) is 0 Å². The molecule has 1 unspecified atom stereocenters. The molecule has 0 amide bonds. The van der Waals surface area contributed by atoms with Crippen LogP contribution in [0.15, 0.2) is 22.7 Å². The molecule has 2 nitrogen and oxygen atoms in total. The monoisotopic (exact) mass is 292 g/mol. The molecule has 0 spiro atoms. The predicted octanol–water partition coefficient (Wildman–Crippen LogP) is 3.89. The van der Waals surface area contributed by atoms with Gasteiger partial charge in [0.2, 0.25) is 0 Å². The molecular formula is C14H17BrN2. The van der Waals surface area contributed by atoms with E-state index >= 15 is 0 Å². The Labute approximate surface area is 111 Å². The molecule has 1 aliphatic heterocycles. The van der Waals surface area contributed by atoms with Crippen molar-refractivity contribution in [3.63, 3.8) is 0 Å². The molecule has 1 aromatic rings. The SMILES string of the molecule is Cc1cc(N2CCCC(CC#N)C2)ccc1Br. The van der Waals surface area contributed by atoms with E-state index in [0.717, 1.165) is 17.6 Å². The Kier molecular flexibility index (Phi) is 4.06. The van der Waals surface area contributed by atoms with E-state index in [9.17, 15) is 0 Å². The number of nitrogens with zero attached hydrogens (tertiary/aromatic N) is 2. The van der Waals surface area contributed by atoms with Crippen molar-refractivity contribution in [1.29, 1.82) is 5.26 Å². The summed E-state index contributed by atoms with van der Waals surface area (Å²) in [6.45, 7) is 4.25. The number of benzene rings is 1. The van der Waals surface area contributed by atoms with Crippen LogP contribution in [0.5, 0.6) is 0 Å². The van der Waals surface area contributed by atoms with Gasteiger partial charge in [-0.1, -0.05) is 15.9 Å². The highest BCUT2D eigenvalue weighted by Gasteiger charge is 2.20. The van der Waals surface area contributed by atoms with E-state index < -0.39 is 0 Å². The van der Waals surface area contributed by atoms with E-state index in [2.05, 4.69) is 52.0 Å². The van der Waals surface area contributed by atoms with Gasteiger partial charge >= 0.3 is 0 Å². The predicted molar refractivity (Wildman–Crippen MR) is 74.0 cm³/mol. The van der Waals surface area contributed by atoms with E-state index in [0.29, 0.717) is 12.3 Å². The lowest BCUT2D eigenvalue weighted by Crippen LogP contribution is -2.35. The Bertz CT molecular complexity index is 436. The lowest BCUT2D eigenvalue weighted by molar-refractivity contribution is 0.422. The van der Waals surface area contributed by atoms with Crippen molar-refractivity contribution in [2.24, 2.45) is 5.92 Å². The summed E-state index contributed by atoms with van der Waals surface area (Å²) in [5.41, 5.74) is 2.55. The van der Waals surface area contributed by atoms with Crippen LogP contribution in [-0.2, 0) is 0 Å². The van der Waals surface area contributed by atoms with Gasteiger partial charge in [-0.3, -0.25) is 0 Å². The molecule has 1 heterocycles. The number of piperidine rings is 1. The number of hydrogen-bond acceptors (Lipinski definition) is 2. The fourth-order valence-corrected chi connectivity index (χ4v) is 2.67. The van der Waals surface area contributed by atoms with Gasteiger partial charge in [-0.2, -0.15) is 5.26 Å². The van der Waals surface area contributed by atoms with Crippen LogP contribution in [0.1, 0.15) is 24.8 Å². The molecule has 1 aromatic carbocycles. The van der Waals surface area contributed by atoms with Crippen LogP contribution in [0.4, 0.5) is 5.69 Å². The summed E-state index contributed by atoms with van der Waals surface area (Å²) in [5.74, 6) is 0.540. The molecule has 1 aliphatic rings. The highest BCUT2D eigenvalue weighted by Crippen LogP contribution is 2.27. The van der Waals surface area contributed by atoms with Crippen LogP contribution >= 0.6 is 15.9 Å². The maximum absolute atomic E-state index is 8.78. The van der Waals surface area contributed by atoms with Crippen molar-refractivity contribution in [3.05, 3.63) is 28.2 Å². The topological polar surface area (TPSA) is 27.0 Å². The third-order valence-corrected chi connectivity index (χ3v) is 4.30. The quantitative estimate of drug-likeness (QED) is 0.827. The first-order chi connectivity index (χ1) is 8.20. The number of hydrogen-bond donors (Lipinski definition) is 0. The summed E-state index contributed by atoms with van der Waals surface area (Å²) in [5, 5.41) is 8.78. The molecule has 0 bridgehead atoms. The second-order valence-electron chi connectivity index (χ2n) is 4.75. The smallest absolute Gasteiger partial charge is 0.0625 e. The van der Waals surface area contributed by atoms with E-state index in [1.54, 1.807) is 0 Å². The fraction of sp³-hybridized carbons (Fsp3) is 0.500. The molecule has 0 N–H and O–H groups in total. The molecule has 1 saturated heterocycles. The number of aryl methyl sites for hydroxylation is 1. The maximum Gasteiger partial charge on any atom is 0.0625 e. The largest absolute Gasteiger partial charge is 0.371 e. The van der Waals surface area contributed by atoms with Crippen LogP contribution in [0.25, 0.3) is 0 Å². The average molecular weight is 293 g/mol. The minimum Gasteiger partial charge on any atom is -0.371 e. The summed E-state index contributed by atoms with van der Waals surface area (Å²) >= 11 is 3.53. The van der Waals surface area contributed by atoms with E-state index in [-0.39, 0.29) is 0 Å². The molecule has 1 fully saturated rings. The van der Waals surface area contributed by atoms with Crippen LogP contribution in [0.3, 0.4) is 0 Å². The molecule has 17 heavy (non-hydrogen) atoms. The second-order valence-corrected chi connectivity index (χ2v) is 5.60. The minimum absolute atomic E-state index is 0.540. The number of rotatable bonds is 2. The summed E-state index contributed by atoms with van der Waals surface area (Å²) in [6, 6.07) is 8.79. The van der Waals surface area contributed by atoms with Gasteiger partial charge in [0.25, 0.3) is 0 Å². The lowest BCUT2D eigenvalue weighted by Gasteiger charge is -2.33. The molecular weight excluding hydrogens is 276 g/mol. The zero-order chi connectivity index (χ0) is 12.3. The van der Waals surface area contributed by atoms with Crippen molar-refractivity contribution in [1.82, 2.24) is 0 Å². The van der Waals surface area contributed by atoms with E-state index in [1.165, 1.54) is 24.1 Å². The number of anilines is 1. The highest BCUT2D eigenvalue weighted by atomic mass is 79.9. The molecule has 0 aliphatic carbocycles. The van der Waals surface area contributed by atoms with Crippen molar-refractivity contribution >= 4 is 21.6 Å². The minimum atomic E-state index is 0.540. The van der Waals surface area contributed by atoms with Crippen molar-refractivity contribution < 1.29 is 0 Å². The molecule has 0 saturated carbocycles. The van der Waals surface area contributed by atoms with Crippen LogP contribution < -0.4 is 4.90 Å². The van der Waals surface area contributed by atoms with E-state index in [4.69, 9.17) is 5.26 Å². The highest BCUT2D eigenvalue weighted by molar-refractivity contribution is 9.10. The van der Waals surface area contributed by atoms with Crippen molar-refractivity contribution in [3.8, 4) is 6.07 Å². The van der Waals surface area contributed by atoms with Crippen LogP contribution in [-0.4, -0.2) is 13.1 Å². The Morgan fingerprint density at radius 3 is 3.06 bits per heavy atom. The van der Waals surface area contributed by atoms with Crippen molar-refractivity contribution in [2.75, 3.05) is 18.0 Å². The molecule has 2 rings (SSSR count). The fourth-order valence-electron chi connectivity index (χ4n) is 2.42. The standard InChI is InChI=1S/C14H17BrN2/c1-11-9-13(4-5-14(11)15)17-8-2-3-12(10-17)6-7-16/h4-5,9,12H,2-3,6,8,10H2,1H3. The Morgan fingerprint density at radius 1 is 1.53 bits per heavy atom. The second kappa shape index (κ2) is 5.55. The summed E-state index contributed by atoms with van der Waals surface area (Å²) in [6.07, 6.45) is 3.08. The maximum atomic E-state index is 8.78. The number of nitriles is 1. The number of halogens is 1. The Balaban J connectivity index is 2.11.